The van der Waals surface area contributed by atoms with Gasteiger partial charge in [-0.25, -0.2) is 0 Å². The lowest BCUT2D eigenvalue weighted by molar-refractivity contribution is -0.133. The maximum absolute atomic E-state index is 12.7. The zero-order valence-electron chi connectivity index (χ0n) is 12.6. The summed E-state index contributed by atoms with van der Waals surface area (Å²) in [7, 11) is 0. The zero-order chi connectivity index (χ0) is 15.7. The number of rotatable bonds is 5. The summed E-state index contributed by atoms with van der Waals surface area (Å²) in [4.78, 5) is 14.7. The highest BCUT2D eigenvalue weighted by atomic mass is 35.5. The van der Waals surface area contributed by atoms with Crippen molar-refractivity contribution in [3.05, 3.63) is 33.8 Å². The lowest BCUT2D eigenvalue weighted by Crippen LogP contribution is -2.36. The van der Waals surface area contributed by atoms with Gasteiger partial charge in [0.1, 0.15) is 0 Å². The third-order valence-corrected chi connectivity index (χ3v) is 5.54. The predicted octanol–water partition coefficient (Wildman–Crippen LogP) is 4.00. The van der Waals surface area contributed by atoms with Crippen molar-refractivity contribution in [3.63, 3.8) is 0 Å². The lowest BCUT2D eigenvalue weighted by atomic mass is 9.99. The van der Waals surface area contributed by atoms with Crippen LogP contribution in [-0.2, 0) is 11.3 Å². The number of carbonyl (C=O) groups excluding carboxylic acids is 1. The van der Waals surface area contributed by atoms with Crippen LogP contribution in [0.3, 0.4) is 0 Å². The number of hydrogen-bond donors (Lipinski definition) is 1. The molecule has 0 radical (unpaired) electrons. The van der Waals surface area contributed by atoms with Crippen molar-refractivity contribution in [1.29, 1.82) is 0 Å². The van der Waals surface area contributed by atoms with Gasteiger partial charge in [-0.3, -0.25) is 4.79 Å². The van der Waals surface area contributed by atoms with Crippen LogP contribution in [0.5, 0.6) is 0 Å². The van der Waals surface area contributed by atoms with E-state index in [0.29, 0.717) is 35.0 Å². The minimum atomic E-state index is 0.190. The number of nitrogens with two attached hydrogens (primary N) is 1. The van der Waals surface area contributed by atoms with E-state index in [1.54, 1.807) is 6.07 Å². The molecule has 2 aliphatic carbocycles. The highest BCUT2D eigenvalue weighted by Gasteiger charge is 2.35. The molecule has 5 heteroatoms. The third kappa shape index (κ3) is 3.76. The van der Waals surface area contributed by atoms with E-state index in [1.807, 2.05) is 17.0 Å². The second-order valence-electron chi connectivity index (χ2n) is 6.56. The quantitative estimate of drug-likeness (QED) is 0.880. The Kier molecular flexibility index (Phi) is 4.96. The van der Waals surface area contributed by atoms with Gasteiger partial charge in [-0.05, 0) is 49.3 Å². The monoisotopic (exact) mass is 340 g/mol. The first-order valence-electron chi connectivity index (χ1n) is 8.03. The Balaban J connectivity index is 1.67. The van der Waals surface area contributed by atoms with Gasteiger partial charge in [0.25, 0.3) is 0 Å². The maximum Gasteiger partial charge on any atom is 0.223 e. The summed E-state index contributed by atoms with van der Waals surface area (Å²) >= 11 is 12.0. The highest BCUT2D eigenvalue weighted by Crippen LogP contribution is 2.33. The Morgan fingerprint density at radius 3 is 2.55 bits per heavy atom. The first-order chi connectivity index (χ1) is 10.5. The molecule has 2 aliphatic rings. The molecule has 2 saturated carbocycles. The van der Waals surface area contributed by atoms with Gasteiger partial charge in [-0.15, -0.1) is 0 Å². The summed E-state index contributed by atoms with van der Waals surface area (Å²) in [5.74, 6) is 0.582. The molecule has 1 aromatic carbocycles. The van der Waals surface area contributed by atoms with Crippen LogP contribution < -0.4 is 5.73 Å². The molecule has 0 saturated heterocycles. The average Bonchev–Trinajstić information content (AvgIpc) is 3.24. The second-order valence-corrected chi connectivity index (χ2v) is 7.37. The van der Waals surface area contributed by atoms with Gasteiger partial charge in [-0.1, -0.05) is 35.7 Å². The van der Waals surface area contributed by atoms with Crippen LogP contribution >= 0.6 is 23.2 Å². The molecule has 0 aliphatic heterocycles. The molecule has 0 heterocycles. The summed E-state index contributed by atoms with van der Waals surface area (Å²) in [6.07, 6.45) is 6.06. The highest BCUT2D eigenvalue weighted by molar-refractivity contribution is 6.42. The van der Waals surface area contributed by atoms with Crippen molar-refractivity contribution >= 4 is 29.1 Å². The predicted molar refractivity (Wildman–Crippen MR) is 90.0 cm³/mol. The van der Waals surface area contributed by atoms with E-state index < -0.39 is 0 Å². The molecule has 0 spiro atoms. The number of benzene rings is 1. The minimum Gasteiger partial charge on any atom is -0.335 e. The lowest BCUT2D eigenvalue weighted by Gasteiger charge is -2.25. The van der Waals surface area contributed by atoms with E-state index in [4.69, 9.17) is 28.9 Å². The molecule has 2 N–H and O–H groups in total. The van der Waals surface area contributed by atoms with Crippen molar-refractivity contribution < 1.29 is 4.79 Å². The van der Waals surface area contributed by atoms with Crippen LogP contribution in [0.15, 0.2) is 18.2 Å². The van der Waals surface area contributed by atoms with E-state index in [0.717, 1.165) is 37.7 Å². The summed E-state index contributed by atoms with van der Waals surface area (Å²) in [5, 5.41) is 1.09. The SMILES string of the molecule is N[C@@H]1CCC[C@H]1CC(=O)N(Cc1ccc(Cl)c(Cl)c1)C1CC1. The van der Waals surface area contributed by atoms with Gasteiger partial charge >= 0.3 is 0 Å². The van der Waals surface area contributed by atoms with Crippen LogP contribution in [0.4, 0.5) is 0 Å². The Morgan fingerprint density at radius 2 is 1.95 bits per heavy atom. The Hall–Kier alpha value is -0.770. The van der Waals surface area contributed by atoms with Gasteiger partial charge in [0, 0.05) is 25.0 Å². The number of carbonyl (C=O) groups is 1. The van der Waals surface area contributed by atoms with E-state index in [9.17, 15) is 4.79 Å². The molecule has 3 nitrogen and oxygen atoms in total. The van der Waals surface area contributed by atoms with Gasteiger partial charge in [0.2, 0.25) is 5.91 Å². The van der Waals surface area contributed by atoms with Crippen molar-refractivity contribution in [2.45, 2.75) is 57.2 Å². The normalized spacial score (nSPS) is 24.5. The number of amides is 1. The van der Waals surface area contributed by atoms with Gasteiger partial charge in [0.05, 0.1) is 10.0 Å². The van der Waals surface area contributed by atoms with Crippen LogP contribution in [-0.4, -0.2) is 22.9 Å². The van der Waals surface area contributed by atoms with Gasteiger partial charge in [0.15, 0.2) is 0 Å². The molecule has 1 aromatic rings. The summed E-state index contributed by atoms with van der Waals surface area (Å²) in [6.45, 7) is 0.613. The molecule has 2 atom stereocenters. The average molecular weight is 341 g/mol. The molecule has 0 bridgehead atoms. The minimum absolute atomic E-state index is 0.190. The number of nitrogens with zero attached hydrogens (tertiary/aromatic N) is 1. The van der Waals surface area contributed by atoms with E-state index >= 15 is 0 Å². The molecule has 22 heavy (non-hydrogen) atoms. The van der Waals surface area contributed by atoms with Crippen LogP contribution in [0, 0.1) is 5.92 Å². The standard InChI is InChI=1S/C17H22Cl2N2O/c18-14-7-4-11(8-15(14)19)10-21(13-5-6-13)17(22)9-12-2-1-3-16(12)20/h4,7-8,12-13,16H,1-3,5-6,9-10,20H2/t12-,16+/m0/s1. The molecular formula is C17H22Cl2N2O. The molecule has 0 aromatic heterocycles. The van der Waals surface area contributed by atoms with Gasteiger partial charge in [-0.2, -0.15) is 0 Å². The number of hydrogen-bond acceptors (Lipinski definition) is 2. The second kappa shape index (κ2) is 6.77. The van der Waals surface area contributed by atoms with Crippen molar-refractivity contribution in [2.24, 2.45) is 11.7 Å². The van der Waals surface area contributed by atoms with E-state index in [-0.39, 0.29) is 11.9 Å². The molecule has 120 valence electrons. The van der Waals surface area contributed by atoms with Crippen molar-refractivity contribution in [3.8, 4) is 0 Å². The fourth-order valence-electron chi connectivity index (χ4n) is 3.30. The maximum atomic E-state index is 12.7. The van der Waals surface area contributed by atoms with Crippen LogP contribution in [0.2, 0.25) is 10.0 Å². The van der Waals surface area contributed by atoms with E-state index in [2.05, 4.69) is 0 Å². The van der Waals surface area contributed by atoms with Gasteiger partial charge < -0.3 is 10.6 Å². The molecule has 1 amide bonds. The smallest absolute Gasteiger partial charge is 0.223 e. The van der Waals surface area contributed by atoms with E-state index in [1.165, 1.54) is 0 Å². The van der Waals surface area contributed by atoms with Crippen LogP contribution in [0.1, 0.15) is 44.1 Å². The fraction of sp³-hybridized carbons (Fsp3) is 0.588. The largest absolute Gasteiger partial charge is 0.335 e. The Morgan fingerprint density at radius 1 is 1.18 bits per heavy atom. The number of halogens is 2. The Labute approximate surface area is 141 Å². The molecular weight excluding hydrogens is 319 g/mol. The van der Waals surface area contributed by atoms with Crippen molar-refractivity contribution in [1.82, 2.24) is 4.90 Å². The third-order valence-electron chi connectivity index (χ3n) is 4.80. The molecule has 0 unspecified atom stereocenters. The summed E-state index contributed by atoms with van der Waals surface area (Å²) in [5.41, 5.74) is 7.14. The molecule has 2 fully saturated rings. The first-order valence-corrected chi connectivity index (χ1v) is 8.79. The Bertz CT molecular complexity index is 560. The van der Waals surface area contributed by atoms with Crippen LogP contribution in [0.25, 0.3) is 0 Å². The molecule has 3 rings (SSSR count). The van der Waals surface area contributed by atoms with Crippen molar-refractivity contribution in [2.75, 3.05) is 0 Å². The zero-order valence-corrected chi connectivity index (χ0v) is 14.1. The fourth-order valence-corrected chi connectivity index (χ4v) is 3.62. The topological polar surface area (TPSA) is 46.3 Å². The summed E-state index contributed by atoms with van der Waals surface area (Å²) < 4.78 is 0. The summed E-state index contributed by atoms with van der Waals surface area (Å²) in [6, 6.07) is 6.17. The first kappa shape index (κ1) is 16.1.